The number of rotatable bonds is 6. The monoisotopic (exact) mass is 681 g/mol. The molecule has 0 radical (unpaired) electrons. The molecule has 2 fully saturated rings. The molecule has 0 spiro atoms. The van der Waals surface area contributed by atoms with Crippen molar-refractivity contribution in [3.05, 3.63) is 76.6 Å². The topological polar surface area (TPSA) is 143 Å². The first-order valence-electron chi connectivity index (χ1n) is 15.6. The van der Waals surface area contributed by atoms with Crippen LogP contribution in [-0.4, -0.2) is 51.9 Å². The summed E-state index contributed by atoms with van der Waals surface area (Å²) >= 11 is 5.95. The standard InChI is InChI=1S/C36H34ClF2NO8/c1-19-14-24-25-17-28(38)26-15-21(41)10-11-33(26,2)35(25,39)30(43)18-34(24,3)36(19,32(45)46-13-12-40)48-31(44)20-4-6-22(7-5-20)47-23-8-9-29(42)27(37)16-23/h4-11,16,19,24-25,30,42-43H,13-15,17-18H2,1-3H3/t19-,24+,25+,30+,33+,34+,35+,36+/m1/s1. The molecule has 0 aromatic heterocycles. The number of carbonyl (C=O) groups is 3. The number of aromatic hydroxyl groups is 1. The van der Waals surface area contributed by atoms with E-state index >= 15 is 8.78 Å². The first-order chi connectivity index (χ1) is 22.6. The van der Waals surface area contributed by atoms with Gasteiger partial charge < -0.3 is 24.4 Å². The van der Waals surface area contributed by atoms with Gasteiger partial charge in [-0.1, -0.05) is 31.5 Å². The third kappa shape index (κ3) is 4.75. The van der Waals surface area contributed by atoms with E-state index in [9.17, 15) is 29.9 Å². The molecule has 0 amide bonds. The van der Waals surface area contributed by atoms with E-state index in [0.717, 1.165) is 0 Å². The Morgan fingerprint density at radius 2 is 1.81 bits per heavy atom. The Balaban J connectivity index is 1.36. The lowest BCUT2D eigenvalue weighted by atomic mass is 9.45. The lowest BCUT2D eigenvalue weighted by Gasteiger charge is -2.62. The van der Waals surface area contributed by atoms with Crippen molar-refractivity contribution in [1.82, 2.24) is 0 Å². The average Bonchev–Trinajstić information content (AvgIpc) is 3.26. The fraction of sp³-hybridized carbons (Fsp3) is 0.444. The van der Waals surface area contributed by atoms with Crippen LogP contribution in [0.4, 0.5) is 8.78 Å². The van der Waals surface area contributed by atoms with Gasteiger partial charge in [-0.15, -0.1) is 0 Å². The highest BCUT2D eigenvalue weighted by Gasteiger charge is 2.78. The fourth-order valence-corrected chi connectivity index (χ4v) is 9.12. The molecule has 48 heavy (non-hydrogen) atoms. The van der Waals surface area contributed by atoms with Crippen LogP contribution in [0.25, 0.3) is 0 Å². The Morgan fingerprint density at radius 3 is 2.48 bits per heavy atom. The molecule has 2 saturated carbocycles. The van der Waals surface area contributed by atoms with Gasteiger partial charge in [0.1, 0.15) is 29.1 Å². The quantitative estimate of drug-likeness (QED) is 0.318. The van der Waals surface area contributed by atoms with Crippen LogP contribution in [0.5, 0.6) is 17.2 Å². The van der Waals surface area contributed by atoms with E-state index in [4.69, 9.17) is 25.8 Å². The SMILES string of the molecule is C[C@@H]1C[C@H]2[C@@H]3CC(F)=C4CC(=O)C=C[C@]4(C)[C@@]3(F)[C@@H](O)C[C@]2(C)[C@@]1(OC(=O)c1ccc(Oc2ccc(O)c(Cl)c2)cc1)C(=O)OCC#N. The summed E-state index contributed by atoms with van der Waals surface area (Å²) in [5.41, 5.74) is -7.49. The van der Waals surface area contributed by atoms with Crippen LogP contribution in [0.2, 0.25) is 5.02 Å². The first kappa shape index (κ1) is 33.6. The molecule has 0 saturated heterocycles. The predicted molar refractivity (Wildman–Crippen MR) is 167 cm³/mol. The molecule has 4 aliphatic rings. The number of aliphatic hydroxyl groups is 1. The molecule has 8 atom stereocenters. The van der Waals surface area contributed by atoms with Crippen LogP contribution in [0.3, 0.4) is 0 Å². The summed E-state index contributed by atoms with van der Waals surface area (Å²) in [5.74, 6) is -5.08. The minimum Gasteiger partial charge on any atom is -0.506 e. The van der Waals surface area contributed by atoms with Gasteiger partial charge >= 0.3 is 11.9 Å². The number of ketones is 1. The molecule has 2 N–H and O–H groups in total. The number of ether oxygens (including phenoxy) is 3. The molecular formula is C36H34ClF2NO8. The number of esters is 2. The zero-order valence-corrected chi connectivity index (χ0v) is 27.2. The highest BCUT2D eigenvalue weighted by Crippen LogP contribution is 2.71. The molecule has 6 rings (SSSR count). The van der Waals surface area contributed by atoms with Crippen molar-refractivity contribution < 1.29 is 47.6 Å². The average molecular weight is 682 g/mol. The number of phenols is 1. The molecule has 0 aliphatic heterocycles. The predicted octanol–water partition coefficient (Wildman–Crippen LogP) is 6.71. The summed E-state index contributed by atoms with van der Waals surface area (Å²) in [5, 5.41) is 30.7. The van der Waals surface area contributed by atoms with Crippen LogP contribution in [-0.2, 0) is 19.1 Å². The second kappa shape index (κ2) is 11.7. The molecule has 2 aromatic carbocycles. The minimum absolute atomic E-state index is 0.00880. The molecule has 0 heterocycles. The zero-order valence-electron chi connectivity index (χ0n) is 26.5. The van der Waals surface area contributed by atoms with Crippen molar-refractivity contribution in [2.24, 2.45) is 28.6 Å². The van der Waals surface area contributed by atoms with E-state index in [1.807, 2.05) is 0 Å². The number of benzene rings is 2. The smallest absolute Gasteiger partial charge is 0.352 e. The van der Waals surface area contributed by atoms with Crippen LogP contribution in [0.15, 0.2) is 66.0 Å². The van der Waals surface area contributed by atoms with Crippen molar-refractivity contribution >= 4 is 29.3 Å². The maximum atomic E-state index is 17.7. The Labute approximate surface area is 280 Å². The Kier molecular flexibility index (Phi) is 8.20. The van der Waals surface area contributed by atoms with E-state index in [2.05, 4.69) is 0 Å². The molecule has 4 aliphatic carbocycles. The number of nitrogens with zero attached hydrogens (tertiary/aromatic N) is 1. The molecule has 0 unspecified atom stereocenters. The van der Waals surface area contributed by atoms with Gasteiger partial charge in [0.25, 0.3) is 0 Å². The van der Waals surface area contributed by atoms with Crippen LogP contribution in [0, 0.1) is 39.9 Å². The summed E-state index contributed by atoms with van der Waals surface area (Å²) < 4.78 is 50.7. The van der Waals surface area contributed by atoms with Crippen LogP contribution < -0.4 is 4.74 Å². The van der Waals surface area contributed by atoms with Gasteiger partial charge in [0.15, 0.2) is 18.1 Å². The second-order valence-corrected chi connectivity index (χ2v) is 14.0. The van der Waals surface area contributed by atoms with Crippen molar-refractivity contribution in [3.8, 4) is 23.3 Å². The number of carbonyl (C=O) groups excluding carboxylic acids is 3. The third-order valence-corrected chi connectivity index (χ3v) is 11.6. The summed E-state index contributed by atoms with van der Waals surface area (Å²) in [6, 6.07) is 11.8. The van der Waals surface area contributed by atoms with Crippen LogP contribution >= 0.6 is 11.6 Å². The Bertz CT molecular complexity index is 1810. The third-order valence-electron chi connectivity index (χ3n) is 11.3. The number of aliphatic hydroxyl groups excluding tert-OH is 1. The van der Waals surface area contributed by atoms with Gasteiger partial charge in [0, 0.05) is 41.6 Å². The molecule has 12 heteroatoms. The van der Waals surface area contributed by atoms with Crippen LogP contribution in [0.1, 0.15) is 56.8 Å². The van der Waals surface area contributed by atoms with Gasteiger partial charge in [0.05, 0.1) is 16.7 Å². The number of hydrogen-bond acceptors (Lipinski definition) is 9. The lowest BCUT2D eigenvalue weighted by molar-refractivity contribution is -0.225. The maximum Gasteiger partial charge on any atom is 0.352 e. The van der Waals surface area contributed by atoms with Gasteiger partial charge in [-0.3, -0.25) is 4.79 Å². The van der Waals surface area contributed by atoms with E-state index in [-0.39, 0.29) is 47.0 Å². The minimum atomic E-state index is -2.40. The zero-order chi connectivity index (χ0) is 34.8. The normalized spacial score (nSPS) is 35.2. The van der Waals surface area contributed by atoms with E-state index in [0.29, 0.717) is 11.5 Å². The molecule has 0 bridgehead atoms. The van der Waals surface area contributed by atoms with Gasteiger partial charge in [-0.05, 0) is 73.7 Å². The Hall–Kier alpha value is -4.27. The number of alkyl halides is 1. The van der Waals surface area contributed by atoms with Crippen molar-refractivity contribution in [2.45, 2.75) is 63.8 Å². The lowest BCUT2D eigenvalue weighted by Crippen LogP contribution is -2.70. The first-order valence-corrected chi connectivity index (χ1v) is 16.0. The Morgan fingerprint density at radius 1 is 1.12 bits per heavy atom. The van der Waals surface area contributed by atoms with Gasteiger partial charge in [0.2, 0.25) is 5.60 Å². The largest absolute Gasteiger partial charge is 0.506 e. The number of fused-ring (bicyclic) bond motifs is 5. The number of halogens is 3. The second-order valence-electron chi connectivity index (χ2n) is 13.6. The van der Waals surface area contributed by atoms with E-state index in [1.165, 1.54) is 61.5 Å². The highest BCUT2D eigenvalue weighted by atomic mass is 35.5. The van der Waals surface area contributed by atoms with Crippen molar-refractivity contribution in [2.75, 3.05) is 6.61 Å². The number of hydrogen-bond donors (Lipinski definition) is 2. The molecule has 2 aromatic rings. The van der Waals surface area contributed by atoms with Gasteiger partial charge in [-0.25, -0.2) is 18.4 Å². The summed E-state index contributed by atoms with van der Waals surface area (Å²) in [6.07, 6.45) is -0.112. The molecular weight excluding hydrogens is 648 g/mol. The maximum absolute atomic E-state index is 17.7. The summed E-state index contributed by atoms with van der Waals surface area (Å²) in [4.78, 5) is 40.0. The van der Waals surface area contributed by atoms with E-state index in [1.54, 1.807) is 19.9 Å². The summed E-state index contributed by atoms with van der Waals surface area (Å²) in [7, 11) is 0. The highest BCUT2D eigenvalue weighted by molar-refractivity contribution is 6.32. The fourth-order valence-electron chi connectivity index (χ4n) is 8.95. The van der Waals surface area contributed by atoms with Crippen molar-refractivity contribution in [1.29, 1.82) is 5.26 Å². The number of phenolic OH excluding ortho intramolecular Hbond substituents is 1. The van der Waals surface area contributed by atoms with Crippen molar-refractivity contribution in [3.63, 3.8) is 0 Å². The molecule has 252 valence electrons. The number of nitriles is 1. The van der Waals surface area contributed by atoms with Gasteiger partial charge in [-0.2, -0.15) is 5.26 Å². The summed E-state index contributed by atoms with van der Waals surface area (Å²) in [6.45, 7) is 4.11. The van der Waals surface area contributed by atoms with E-state index < -0.39 is 76.8 Å². The number of allylic oxidation sites excluding steroid dienone is 4. The molecule has 9 nitrogen and oxygen atoms in total.